The third kappa shape index (κ3) is 3.69. The van der Waals surface area contributed by atoms with Crippen molar-refractivity contribution >= 4 is 17.7 Å². The maximum Gasteiger partial charge on any atom is 0.255 e. The largest absolute Gasteiger partial charge is 0.322 e. The highest BCUT2D eigenvalue weighted by Crippen LogP contribution is 2.34. The second kappa shape index (κ2) is 7.54. The molecule has 29 heavy (non-hydrogen) atoms. The second-order valence-electron chi connectivity index (χ2n) is 8.87. The van der Waals surface area contributed by atoms with Crippen LogP contribution in [0.15, 0.2) is 18.2 Å². The van der Waals surface area contributed by atoms with Crippen molar-refractivity contribution in [1.82, 2.24) is 20.4 Å². The zero-order valence-corrected chi connectivity index (χ0v) is 16.7. The van der Waals surface area contributed by atoms with Crippen molar-refractivity contribution in [2.45, 2.75) is 57.3 Å². The molecule has 1 aliphatic carbocycles. The van der Waals surface area contributed by atoms with E-state index in [9.17, 15) is 14.4 Å². The van der Waals surface area contributed by atoms with Crippen LogP contribution in [0.4, 0.5) is 0 Å². The minimum absolute atomic E-state index is 0.0685. The monoisotopic (exact) mass is 396 g/mol. The molecule has 3 heterocycles. The molecule has 154 valence electrons. The number of amides is 3. The van der Waals surface area contributed by atoms with E-state index in [1.807, 2.05) is 12.1 Å². The van der Waals surface area contributed by atoms with Gasteiger partial charge in [0.15, 0.2) is 0 Å². The van der Waals surface area contributed by atoms with Crippen molar-refractivity contribution in [3.8, 4) is 0 Å². The molecule has 7 heteroatoms. The summed E-state index contributed by atoms with van der Waals surface area (Å²) in [4.78, 5) is 41.3. The van der Waals surface area contributed by atoms with Crippen LogP contribution in [0.2, 0.25) is 0 Å². The zero-order valence-electron chi connectivity index (χ0n) is 16.7. The topological polar surface area (TPSA) is 81.8 Å². The van der Waals surface area contributed by atoms with Gasteiger partial charge in [-0.15, -0.1) is 0 Å². The number of hydrogen-bond acceptors (Lipinski definition) is 5. The van der Waals surface area contributed by atoms with Gasteiger partial charge in [-0.25, -0.2) is 0 Å². The van der Waals surface area contributed by atoms with Crippen molar-refractivity contribution < 1.29 is 14.4 Å². The van der Waals surface area contributed by atoms with Gasteiger partial charge in [-0.1, -0.05) is 18.2 Å². The normalized spacial score (nSPS) is 26.9. The lowest BCUT2D eigenvalue weighted by Gasteiger charge is -2.30. The number of imide groups is 1. The van der Waals surface area contributed by atoms with E-state index in [-0.39, 0.29) is 24.1 Å². The Bertz CT molecular complexity index is 844. The predicted molar refractivity (Wildman–Crippen MR) is 107 cm³/mol. The van der Waals surface area contributed by atoms with Gasteiger partial charge in [0.2, 0.25) is 11.8 Å². The Morgan fingerprint density at radius 3 is 2.69 bits per heavy atom. The summed E-state index contributed by atoms with van der Waals surface area (Å²) in [5.74, 6) is 0.123. The van der Waals surface area contributed by atoms with Gasteiger partial charge in [0.05, 0.1) is 0 Å². The SMILES string of the molecule is O=C1CCC(N2Cc3cccc(CN(CC4CC4)C4CCNC4)c3C2=O)C(=O)N1. The molecule has 4 aliphatic rings. The average molecular weight is 396 g/mol. The number of carbonyl (C=O) groups excluding carboxylic acids is 3. The first-order valence-corrected chi connectivity index (χ1v) is 10.8. The number of rotatable bonds is 6. The molecule has 1 aromatic carbocycles. The fourth-order valence-electron chi connectivity index (χ4n) is 4.97. The zero-order chi connectivity index (χ0) is 20.0. The predicted octanol–water partition coefficient (Wildman–Crippen LogP) is 1.02. The van der Waals surface area contributed by atoms with Crippen LogP contribution in [0.5, 0.6) is 0 Å². The Labute approximate surface area is 170 Å². The molecule has 0 bridgehead atoms. The lowest BCUT2D eigenvalue weighted by molar-refractivity contribution is -0.136. The smallest absolute Gasteiger partial charge is 0.255 e. The van der Waals surface area contributed by atoms with Crippen LogP contribution in [0.3, 0.4) is 0 Å². The van der Waals surface area contributed by atoms with E-state index in [2.05, 4.69) is 21.6 Å². The van der Waals surface area contributed by atoms with Crippen LogP contribution in [-0.2, 0) is 22.7 Å². The van der Waals surface area contributed by atoms with Gasteiger partial charge in [-0.3, -0.25) is 24.6 Å². The highest BCUT2D eigenvalue weighted by atomic mass is 16.2. The highest BCUT2D eigenvalue weighted by Gasteiger charge is 2.40. The van der Waals surface area contributed by atoms with E-state index in [1.54, 1.807) is 4.90 Å². The first kappa shape index (κ1) is 18.8. The summed E-state index contributed by atoms with van der Waals surface area (Å²) in [7, 11) is 0. The van der Waals surface area contributed by atoms with Gasteiger partial charge in [0, 0.05) is 44.2 Å². The van der Waals surface area contributed by atoms with Crippen molar-refractivity contribution in [3.63, 3.8) is 0 Å². The molecule has 3 fully saturated rings. The summed E-state index contributed by atoms with van der Waals surface area (Å²) in [5.41, 5.74) is 2.83. The molecule has 1 aromatic rings. The summed E-state index contributed by atoms with van der Waals surface area (Å²) >= 11 is 0. The Morgan fingerprint density at radius 2 is 1.97 bits per heavy atom. The van der Waals surface area contributed by atoms with Crippen molar-refractivity contribution in [2.24, 2.45) is 5.92 Å². The quantitative estimate of drug-likeness (QED) is 0.702. The number of hydrogen-bond donors (Lipinski definition) is 2. The van der Waals surface area contributed by atoms with Gasteiger partial charge in [-0.2, -0.15) is 0 Å². The van der Waals surface area contributed by atoms with Crippen molar-refractivity contribution in [3.05, 3.63) is 34.9 Å². The van der Waals surface area contributed by atoms with E-state index in [4.69, 9.17) is 0 Å². The Balaban J connectivity index is 1.37. The number of nitrogens with one attached hydrogen (secondary N) is 2. The van der Waals surface area contributed by atoms with E-state index < -0.39 is 6.04 Å². The number of benzene rings is 1. The first-order valence-electron chi connectivity index (χ1n) is 10.8. The van der Waals surface area contributed by atoms with E-state index >= 15 is 0 Å². The first-order chi connectivity index (χ1) is 14.1. The third-order valence-electron chi connectivity index (χ3n) is 6.75. The molecular formula is C22H28N4O3. The molecule has 1 saturated carbocycles. The fourth-order valence-corrected chi connectivity index (χ4v) is 4.97. The maximum absolute atomic E-state index is 13.3. The molecule has 0 radical (unpaired) electrons. The van der Waals surface area contributed by atoms with Crippen LogP contribution in [0.25, 0.3) is 0 Å². The molecular weight excluding hydrogens is 368 g/mol. The second-order valence-corrected chi connectivity index (χ2v) is 8.87. The van der Waals surface area contributed by atoms with Gasteiger partial charge in [0.25, 0.3) is 5.91 Å². The molecule has 7 nitrogen and oxygen atoms in total. The van der Waals surface area contributed by atoms with Crippen molar-refractivity contribution in [2.75, 3.05) is 19.6 Å². The van der Waals surface area contributed by atoms with E-state index in [1.165, 1.54) is 12.8 Å². The molecule has 3 aliphatic heterocycles. The van der Waals surface area contributed by atoms with Gasteiger partial charge in [-0.05, 0) is 49.3 Å². The third-order valence-corrected chi connectivity index (χ3v) is 6.75. The molecule has 0 spiro atoms. The van der Waals surface area contributed by atoms with Crippen LogP contribution in [0, 0.1) is 5.92 Å². The van der Waals surface area contributed by atoms with E-state index in [0.717, 1.165) is 55.2 Å². The molecule has 3 amide bonds. The summed E-state index contributed by atoms with van der Waals surface area (Å²) in [6.45, 7) is 4.39. The molecule has 2 N–H and O–H groups in total. The molecule has 2 atom stereocenters. The number of piperidine rings is 1. The summed E-state index contributed by atoms with van der Waals surface area (Å²) in [6, 6.07) is 6.05. The standard InChI is InChI=1S/C22H28N4O3/c27-19-7-6-18(21(28)24-19)26-13-16-3-1-2-15(20(16)22(26)29)12-25(11-14-4-5-14)17-8-9-23-10-17/h1-3,14,17-18,23H,4-13H2,(H,24,27,28). The van der Waals surface area contributed by atoms with E-state index in [0.29, 0.717) is 19.0 Å². The molecule has 2 saturated heterocycles. The van der Waals surface area contributed by atoms with Crippen molar-refractivity contribution in [1.29, 1.82) is 0 Å². The molecule has 2 unspecified atom stereocenters. The minimum atomic E-state index is -0.554. The number of fused-ring (bicyclic) bond motifs is 1. The Morgan fingerprint density at radius 1 is 1.10 bits per heavy atom. The lowest BCUT2D eigenvalue weighted by atomic mass is 10.0. The number of nitrogens with zero attached hydrogens (tertiary/aromatic N) is 2. The number of carbonyl (C=O) groups is 3. The fraction of sp³-hybridized carbons (Fsp3) is 0.591. The van der Waals surface area contributed by atoms with Gasteiger partial charge >= 0.3 is 0 Å². The Hall–Kier alpha value is -2.25. The average Bonchev–Trinajstić information content (AvgIpc) is 3.22. The summed E-state index contributed by atoms with van der Waals surface area (Å²) in [5, 5.41) is 5.84. The minimum Gasteiger partial charge on any atom is -0.322 e. The van der Waals surface area contributed by atoms with Crippen LogP contribution in [-0.4, -0.2) is 59.2 Å². The Kier molecular flexibility index (Phi) is 4.87. The molecule has 5 rings (SSSR count). The highest BCUT2D eigenvalue weighted by molar-refractivity contribution is 6.05. The maximum atomic E-state index is 13.3. The lowest BCUT2D eigenvalue weighted by Crippen LogP contribution is -2.52. The van der Waals surface area contributed by atoms with Gasteiger partial charge in [0.1, 0.15) is 6.04 Å². The summed E-state index contributed by atoms with van der Waals surface area (Å²) < 4.78 is 0. The molecule has 0 aromatic heterocycles. The van der Waals surface area contributed by atoms with Crippen LogP contribution in [0.1, 0.15) is 53.6 Å². The van der Waals surface area contributed by atoms with Gasteiger partial charge < -0.3 is 10.2 Å². The summed E-state index contributed by atoms with van der Waals surface area (Å²) in [6.07, 6.45) is 4.46. The van der Waals surface area contributed by atoms with Crippen LogP contribution < -0.4 is 10.6 Å². The van der Waals surface area contributed by atoms with Crippen LogP contribution >= 0.6 is 0 Å².